The van der Waals surface area contributed by atoms with Gasteiger partial charge in [0.2, 0.25) is 0 Å². The second-order valence-electron chi connectivity index (χ2n) is 2.64. The van der Waals surface area contributed by atoms with Gasteiger partial charge >= 0.3 is 0 Å². The highest BCUT2D eigenvalue weighted by molar-refractivity contribution is 9.09. The lowest BCUT2D eigenvalue weighted by molar-refractivity contribution is 0.0956. The molecule has 0 saturated carbocycles. The van der Waals surface area contributed by atoms with E-state index in [1.165, 1.54) is 0 Å². The molecule has 0 atom stereocenters. The fourth-order valence-corrected chi connectivity index (χ4v) is 1.29. The topological polar surface area (TPSA) is 38.3 Å². The maximum atomic E-state index is 11.4. The van der Waals surface area contributed by atoms with Gasteiger partial charge in [0.15, 0.2) is 0 Å². The summed E-state index contributed by atoms with van der Waals surface area (Å²) in [5.41, 5.74) is 1.10. The second-order valence-corrected chi connectivity index (χ2v) is 3.10. The van der Waals surface area contributed by atoms with Crippen LogP contribution in [0.4, 0.5) is 0 Å². The van der Waals surface area contributed by atoms with E-state index >= 15 is 0 Å². The molecule has 1 aromatic carbocycles. The molecule has 0 aliphatic rings. The molecule has 3 nitrogen and oxygen atoms in total. The molecule has 1 rings (SSSR count). The Morgan fingerprint density at radius 2 is 2.07 bits per heavy atom. The fourth-order valence-electron chi connectivity index (χ4n) is 1.03. The van der Waals surface area contributed by atoms with Crippen LogP contribution in [0.25, 0.3) is 0 Å². The average Bonchev–Trinajstić information content (AvgIpc) is 2.20. The number of halogens is 1. The van der Waals surface area contributed by atoms with Crippen LogP contribution in [0, 0.1) is 0 Å². The number of nitrogens with one attached hydrogen (secondary N) is 1. The molecule has 76 valence electrons. The van der Waals surface area contributed by atoms with E-state index in [0.29, 0.717) is 17.6 Å². The minimum Gasteiger partial charge on any atom is -0.482 e. The summed E-state index contributed by atoms with van der Waals surface area (Å²) in [4.78, 5) is 11.4. The summed E-state index contributed by atoms with van der Waals surface area (Å²) in [5, 5.41) is 2.72. The molecular formula is C10H12BrNO2. The number of carbonyl (C=O) groups is 1. The van der Waals surface area contributed by atoms with Crippen molar-refractivity contribution < 1.29 is 9.53 Å². The SMILES string of the molecule is CCNC(=O)c1ccc(OCBr)cc1. The van der Waals surface area contributed by atoms with Gasteiger partial charge in [0.1, 0.15) is 11.3 Å². The van der Waals surface area contributed by atoms with Gasteiger partial charge in [-0.2, -0.15) is 0 Å². The van der Waals surface area contributed by atoms with Crippen LogP contribution in [-0.4, -0.2) is 18.0 Å². The Balaban J connectivity index is 2.67. The smallest absolute Gasteiger partial charge is 0.251 e. The molecule has 0 fully saturated rings. The molecule has 0 radical (unpaired) electrons. The monoisotopic (exact) mass is 257 g/mol. The predicted octanol–water partition coefficient (Wildman–Crippen LogP) is 2.17. The lowest BCUT2D eigenvalue weighted by Crippen LogP contribution is -2.22. The molecule has 0 aliphatic heterocycles. The Hall–Kier alpha value is -1.03. The Labute approximate surface area is 91.6 Å². The van der Waals surface area contributed by atoms with Gasteiger partial charge in [0.05, 0.1) is 0 Å². The van der Waals surface area contributed by atoms with Crippen molar-refractivity contribution in [3.8, 4) is 5.75 Å². The average molecular weight is 258 g/mol. The molecule has 0 unspecified atom stereocenters. The first-order chi connectivity index (χ1) is 6.77. The van der Waals surface area contributed by atoms with E-state index in [2.05, 4.69) is 21.2 Å². The number of carbonyl (C=O) groups excluding carboxylic acids is 1. The third-order valence-electron chi connectivity index (χ3n) is 1.68. The standard InChI is InChI=1S/C10H12BrNO2/c1-2-12-10(13)8-3-5-9(6-4-8)14-7-11/h3-6H,2,7H2,1H3,(H,12,13). The lowest BCUT2D eigenvalue weighted by Gasteiger charge is -2.04. The van der Waals surface area contributed by atoms with Crippen LogP contribution in [0.15, 0.2) is 24.3 Å². The van der Waals surface area contributed by atoms with Crippen LogP contribution >= 0.6 is 15.9 Å². The normalized spacial score (nSPS) is 9.57. The predicted molar refractivity (Wildman–Crippen MR) is 58.9 cm³/mol. The number of benzene rings is 1. The molecule has 1 N–H and O–H groups in total. The Morgan fingerprint density at radius 3 is 2.57 bits per heavy atom. The third-order valence-corrected chi connectivity index (χ3v) is 1.90. The fraction of sp³-hybridized carbons (Fsp3) is 0.300. The molecule has 0 spiro atoms. The summed E-state index contributed by atoms with van der Waals surface area (Å²) in [6.07, 6.45) is 0. The van der Waals surface area contributed by atoms with Crippen molar-refractivity contribution in [2.24, 2.45) is 0 Å². The number of hydrogen-bond acceptors (Lipinski definition) is 2. The van der Waals surface area contributed by atoms with Crippen molar-refractivity contribution in [1.82, 2.24) is 5.32 Å². The van der Waals surface area contributed by atoms with Crippen molar-refractivity contribution in [2.45, 2.75) is 6.92 Å². The zero-order valence-electron chi connectivity index (χ0n) is 7.92. The summed E-state index contributed by atoms with van der Waals surface area (Å²) in [7, 11) is 0. The van der Waals surface area contributed by atoms with Gasteiger partial charge in [-0.15, -0.1) is 0 Å². The largest absolute Gasteiger partial charge is 0.482 e. The van der Waals surface area contributed by atoms with E-state index in [4.69, 9.17) is 4.74 Å². The second kappa shape index (κ2) is 5.65. The zero-order valence-corrected chi connectivity index (χ0v) is 9.50. The molecule has 0 aromatic heterocycles. The highest BCUT2D eigenvalue weighted by Gasteiger charge is 2.02. The van der Waals surface area contributed by atoms with Gasteiger partial charge in [-0.1, -0.05) is 0 Å². The number of amides is 1. The van der Waals surface area contributed by atoms with E-state index in [-0.39, 0.29) is 5.91 Å². The van der Waals surface area contributed by atoms with Crippen LogP contribution in [0.2, 0.25) is 0 Å². The summed E-state index contributed by atoms with van der Waals surface area (Å²) >= 11 is 3.16. The van der Waals surface area contributed by atoms with Crippen molar-refractivity contribution in [3.05, 3.63) is 29.8 Å². The van der Waals surface area contributed by atoms with E-state index in [1.807, 2.05) is 6.92 Å². The summed E-state index contributed by atoms with van der Waals surface area (Å²) < 4.78 is 5.19. The Morgan fingerprint density at radius 1 is 1.43 bits per heavy atom. The van der Waals surface area contributed by atoms with E-state index in [9.17, 15) is 4.79 Å². The van der Waals surface area contributed by atoms with Crippen LogP contribution in [0.1, 0.15) is 17.3 Å². The number of alkyl halides is 1. The van der Waals surface area contributed by atoms with Crippen LogP contribution in [0.3, 0.4) is 0 Å². The number of hydrogen-bond donors (Lipinski definition) is 1. The van der Waals surface area contributed by atoms with Crippen molar-refractivity contribution in [1.29, 1.82) is 0 Å². The third kappa shape index (κ3) is 3.03. The van der Waals surface area contributed by atoms with E-state index < -0.39 is 0 Å². The van der Waals surface area contributed by atoms with Crippen LogP contribution < -0.4 is 10.1 Å². The van der Waals surface area contributed by atoms with Crippen molar-refractivity contribution in [2.75, 3.05) is 12.1 Å². The molecule has 0 aliphatic carbocycles. The van der Waals surface area contributed by atoms with Gasteiger partial charge in [0.25, 0.3) is 5.91 Å². The molecule has 1 amide bonds. The van der Waals surface area contributed by atoms with Gasteiger partial charge in [-0.25, -0.2) is 0 Å². The van der Waals surface area contributed by atoms with Gasteiger partial charge in [0, 0.05) is 12.1 Å². The Kier molecular flexibility index (Phi) is 4.46. The number of ether oxygens (including phenoxy) is 1. The first-order valence-corrected chi connectivity index (χ1v) is 5.47. The lowest BCUT2D eigenvalue weighted by atomic mass is 10.2. The maximum absolute atomic E-state index is 11.4. The molecule has 0 heterocycles. The van der Waals surface area contributed by atoms with Gasteiger partial charge in [-0.3, -0.25) is 4.79 Å². The minimum absolute atomic E-state index is 0.0575. The first kappa shape index (κ1) is 11.0. The van der Waals surface area contributed by atoms with E-state index in [0.717, 1.165) is 5.75 Å². The quantitative estimate of drug-likeness (QED) is 0.840. The van der Waals surface area contributed by atoms with Crippen molar-refractivity contribution >= 4 is 21.8 Å². The molecule has 4 heteroatoms. The molecular weight excluding hydrogens is 246 g/mol. The number of rotatable bonds is 4. The maximum Gasteiger partial charge on any atom is 0.251 e. The minimum atomic E-state index is -0.0575. The molecule has 1 aromatic rings. The first-order valence-electron chi connectivity index (χ1n) is 4.35. The highest BCUT2D eigenvalue weighted by atomic mass is 79.9. The summed E-state index contributed by atoms with van der Waals surface area (Å²) in [6, 6.07) is 7.02. The van der Waals surface area contributed by atoms with Gasteiger partial charge < -0.3 is 10.1 Å². The molecule has 0 bridgehead atoms. The summed E-state index contributed by atoms with van der Waals surface area (Å²) in [6.45, 7) is 2.53. The highest BCUT2D eigenvalue weighted by Crippen LogP contribution is 2.12. The zero-order chi connectivity index (χ0) is 10.4. The molecule has 14 heavy (non-hydrogen) atoms. The Bertz CT molecular complexity index is 297. The van der Waals surface area contributed by atoms with E-state index in [1.54, 1.807) is 24.3 Å². The van der Waals surface area contributed by atoms with Crippen molar-refractivity contribution in [3.63, 3.8) is 0 Å². The van der Waals surface area contributed by atoms with Gasteiger partial charge in [-0.05, 0) is 47.1 Å². The van der Waals surface area contributed by atoms with Crippen LogP contribution in [-0.2, 0) is 0 Å². The van der Waals surface area contributed by atoms with Crippen LogP contribution in [0.5, 0.6) is 5.75 Å². The molecule has 0 saturated heterocycles. The summed E-state index contributed by atoms with van der Waals surface area (Å²) in [5.74, 6) is 0.688.